The van der Waals surface area contributed by atoms with Gasteiger partial charge in [-0.2, -0.15) is 11.3 Å². The molecule has 3 N–H and O–H groups in total. The Morgan fingerprint density at radius 1 is 1.52 bits per heavy atom. The molecule has 5 nitrogen and oxygen atoms in total. The Bertz CT molecular complexity index is 599. The lowest BCUT2D eigenvalue weighted by atomic mass is 10.1. The summed E-state index contributed by atoms with van der Waals surface area (Å²) in [5, 5.41) is 7.41. The third-order valence-corrected chi connectivity index (χ3v) is 3.72. The molecule has 2 heterocycles. The van der Waals surface area contributed by atoms with Crippen LogP contribution in [0.4, 0.5) is 11.5 Å². The minimum absolute atomic E-state index is 0.159. The smallest absolute Gasteiger partial charge is 0.340 e. The largest absolute Gasteiger partial charge is 0.462 e. The Kier molecular flexibility index (Phi) is 5.16. The zero-order chi connectivity index (χ0) is 15.2. The van der Waals surface area contributed by atoms with Gasteiger partial charge in [-0.25, -0.2) is 9.78 Å². The van der Waals surface area contributed by atoms with Crippen LogP contribution < -0.4 is 11.1 Å². The zero-order valence-electron chi connectivity index (χ0n) is 12.1. The van der Waals surface area contributed by atoms with Crippen LogP contribution in [0.25, 0.3) is 0 Å². The van der Waals surface area contributed by atoms with Crippen molar-refractivity contribution in [3.63, 3.8) is 0 Å². The predicted molar refractivity (Wildman–Crippen MR) is 85.7 cm³/mol. The first-order chi connectivity index (χ1) is 10.1. The number of carbonyl (C=O) groups is 1. The van der Waals surface area contributed by atoms with Gasteiger partial charge in [-0.15, -0.1) is 0 Å². The number of nitrogen functional groups attached to an aromatic ring is 1. The van der Waals surface area contributed by atoms with Gasteiger partial charge in [0, 0.05) is 12.2 Å². The van der Waals surface area contributed by atoms with E-state index in [1.165, 1.54) is 5.56 Å². The molecule has 2 aromatic heterocycles. The number of esters is 1. The first kappa shape index (κ1) is 15.3. The number of nitrogens with one attached hydrogen (secondary N) is 1. The highest BCUT2D eigenvalue weighted by Gasteiger charge is 2.15. The zero-order valence-corrected chi connectivity index (χ0v) is 12.9. The van der Waals surface area contributed by atoms with Crippen molar-refractivity contribution >= 4 is 28.8 Å². The summed E-state index contributed by atoms with van der Waals surface area (Å²) in [4.78, 5) is 16.0. The maximum Gasteiger partial charge on any atom is 0.340 e. The Labute approximate surface area is 128 Å². The van der Waals surface area contributed by atoms with E-state index < -0.39 is 5.97 Å². The van der Waals surface area contributed by atoms with Gasteiger partial charge in [-0.05, 0) is 48.7 Å². The molecule has 0 fully saturated rings. The molecule has 0 bridgehead atoms. The highest BCUT2D eigenvalue weighted by Crippen LogP contribution is 2.22. The van der Waals surface area contributed by atoms with Gasteiger partial charge in [-0.1, -0.05) is 0 Å². The number of hydrogen-bond acceptors (Lipinski definition) is 6. The third kappa shape index (κ3) is 3.95. The summed E-state index contributed by atoms with van der Waals surface area (Å²) in [7, 11) is 0. The van der Waals surface area contributed by atoms with Gasteiger partial charge in [0.2, 0.25) is 0 Å². The van der Waals surface area contributed by atoms with Crippen LogP contribution in [0.1, 0.15) is 29.8 Å². The van der Waals surface area contributed by atoms with Gasteiger partial charge in [0.1, 0.15) is 5.82 Å². The van der Waals surface area contributed by atoms with Gasteiger partial charge in [0.05, 0.1) is 17.9 Å². The van der Waals surface area contributed by atoms with Crippen LogP contribution in [0, 0.1) is 0 Å². The number of thiophene rings is 1. The van der Waals surface area contributed by atoms with E-state index >= 15 is 0 Å². The number of anilines is 2. The Hall–Kier alpha value is -2.08. The fourth-order valence-corrected chi connectivity index (χ4v) is 2.70. The molecule has 1 atom stereocenters. The van der Waals surface area contributed by atoms with Gasteiger partial charge in [0.15, 0.2) is 0 Å². The van der Waals surface area contributed by atoms with Crippen molar-refractivity contribution in [1.82, 2.24) is 4.98 Å². The van der Waals surface area contributed by atoms with Crippen LogP contribution >= 0.6 is 11.3 Å². The molecule has 0 saturated carbocycles. The molecule has 0 radical (unpaired) electrons. The summed E-state index contributed by atoms with van der Waals surface area (Å²) in [6, 6.07) is 3.82. The Balaban J connectivity index is 2.09. The maximum atomic E-state index is 11.8. The molecule has 0 spiro atoms. The van der Waals surface area contributed by atoms with E-state index in [0.717, 1.165) is 6.42 Å². The lowest BCUT2D eigenvalue weighted by Crippen LogP contribution is -2.20. The number of rotatable bonds is 6. The van der Waals surface area contributed by atoms with E-state index in [1.54, 1.807) is 30.5 Å². The molecule has 0 aliphatic heterocycles. The second-order valence-electron chi connectivity index (χ2n) is 4.72. The molecule has 6 heteroatoms. The van der Waals surface area contributed by atoms with Crippen molar-refractivity contribution in [2.24, 2.45) is 0 Å². The van der Waals surface area contributed by atoms with Crippen molar-refractivity contribution in [2.45, 2.75) is 26.3 Å². The second-order valence-corrected chi connectivity index (χ2v) is 5.50. The Morgan fingerprint density at radius 2 is 2.33 bits per heavy atom. The van der Waals surface area contributed by atoms with Gasteiger partial charge >= 0.3 is 5.97 Å². The second kappa shape index (κ2) is 7.08. The molecule has 0 aliphatic carbocycles. The van der Waals surface area contributed by atoms with Crippen LogP contribution in [0.5, 0.6) is 0 Å². The lowest BCUT2D eigenvalue weighted by Gasteiger charge is -2.16. The number of hydrogen-bond donors (Lipinski definition) is 2. The summed E-state index contributed by atoms with van der Waals surface area (Å²) in [5.41, 5.74) is 7.95. The summed E-state index contributed by atoms with van der Waals surface area (Å²) in [6.07, 6.45) is 2.43. The topological polar surface area (TPSA) is 77.2 Å². The van der Waals surface area contributed by atoms with Crippen molar-refractivity contribution < 1.29 is 9.53 Å². The van der Waals surface area contributed by atoms with Crippen LogP contribution in [-0.4, -0.2) is 23.6 Å². The normalized spacial score (nSPS) is 11.9. The summed E-state index contributed by atoms with van der Waals surface area (Å²) in [5.74, 6) is 0.0919. The van der Waals surface area contributed by atoms with Crippen LogP contribution in [0.3, 0.4) is 0 Å². The van der Waals surface area contributed by atoms with Gasteiger partial charge < -0.3 is 15.8 Å². The first-order valence-corrected chi connectivity index (χ1v) is 7.75. The van der Waals surface area contributed by atoms with E-state index in [2.05, 4.69) is 34.1 Å². The van der Waals surface area contributed by atoms with Crippen molar-refractivity contribution in [2.75, 3.05) is 17.7 Å². The summed E-state index contributed by atoms with van der Waals surface area (Å²) in [6.45, 7) is 4.13. The van der Waals surface area contributed by atoms with E-state index in [0.29, 0.717) is 23.7 Å². The van der Waals surface area contributed by atoms with E-state index in [-0.39, 0.29) is 6.04 Å². The third-order valence-electron chi connectivity index (χ3n) is 2.99. The van der Waals surface area contributed by atoms with Crippen molar-refractivity contribution in [1.29, 1.82) is 0 Å². The van der Waals surface area contributed by atoms with E-state index in [1.807, 2.05) is 0 Å². The quantitative estimate of drug-likeness (QED) is 0.802. The molecular weight excluding hydrogens is 286 g/mol. The van der Waals surface area contributed by atoms with Crippen LogP contribution in [0.15, 0.2) is 29.1 Å². The molecular formula is C15H19N3O2S. The molecule has 0 aromatic carbocycles. The number of ether oxygens (including phenoxy) is 1. The van der Waals surface area contributed by atoms with E-state index in [4.69, 9.17) is 10.5 Å². The minimum atomic E-state index is -0.425. The molecule has 21 heavy (non-hydrogen) atoms. The fourth-order valence-electron chi connectivity index (χ4n) is 2.02. The Morgan fingerprint density at radius 3 is 3.00 bits per heavy atom. The summed E-state index contributed by atoms with van der Waals surface area (Å²) < 4.78 is 4.98. The molecule has 0 saturated heterocycles. The molecule has 0 aliphatic rings. The predicted octanol–water partition coefficient (Wildman–Crippen LogP) is 2.95. The number of nitrogens with zero attached hydrogens (tertiary/aromatic N) is 1. The molecule has 2 aromatic rings. The molecule has 2 rings (SSSR count). The average molecular weight is 305 g/mol. The highest BCUT2D eigenvalue weighted by molar-refractivity contribution is 7.07. The standard InChI is InChI=1S/C15H19N3O2S/c1-3-20-15(19)12-4-6-17-14(13(12)16)18-10(2)8-11-5-7-21-9-11/h4-7,9-10H,3,8,16H2,1-2H3,(H,17,18). The number of pyridine rings is 1. The maximum absolute atomic E-state index is 11.8. The van der Waals surface area contributed by atoms with Crippen LogP contribution in [0.2, 0.25) is 0 Å². The van der Waals surface area contributed by atoms with Gasteiger partial charge in [0.25, 0.3) is 0 Å². The minimum Gasteiger partial charge on any atom is -0.462 e. The van der Waals surface area contributed by atoms with Gasteiger partial charge in [-0.3, -0.25) is 0 Å². The molecule has 1 unspecified atom stereocenters. The van der Waals surface area contributed by atoms with E-state index in [9.17, 15) is 4.79 Å². The monoisotopic (exact) mass is 305 g/mol. The highest BCUT2D eigenvalue weighted by atomic mass is 32.1. The number of nitrogens with two attached hydrogens (primary N) is 1. The molecule has 112 valence electrons. The fraction of sp³-hybridized carbons (Fsp3) is 0.333. The number of aromatic nitrogens is 1. The molecule has 0 amide bonds. The first-order valence-electron chi connectivity index (χ1n) is 6.81. The van der Waals surface area contributed by atoms with Crippen molar-refractivity contribution in [3.05, 3.63) is 40.2 Å². The average Bonchev–Trinajstić information content (AvgIpc) is 2.94. The summed E-state index contributed by atoms with van der Waals surface area (Å²) >= 11 is 1.67. The SMILES string of the molecule is CCOC(=O)c1ccnc(NC(C)Cc2ccsc2)c1N. The number of carbonyl (C=O) groups excluding carboxylic acids is 1. The lowest BCUT2D eigenvalue weighted by molar-refractivity contribution is 0.0527. The van der Waals surface area contributed by atoms with Crippen LogP contribution in [-0.2, 0) is 11.2 Å². The van der Waals surface area contributed by atoms with Crippen molar-refractivity contribution in [3.8, 4) is 0 Å².